The number of hydrogen-bond donors (Lipinski definition) is 1. The van der Waals surface area contributed by atoms with Crippen molar-refractivity contribution in [3.8, 4) is 16.5 Å². The molecule has 0 aliphatic heterocycles. The van der Waals surface area contributed by atoms with E-state index in [9.17, 15) is 5.26 Å². The van der Waals surface area contributed by atoms with Crippen molar-refractivity contribution < 1.29 is 0 Å². The van der Waals surface area contributed by atoms with Gasteiger partial charge in [-0.15, -0.1) is 11.3 Å². The van der Waals surface area contributed by atoms with Gasteiger partial charge in [-0.3, -0.25) is 4.98 Å². The third-order valence-electron chi connectivity index (χ3n) is 6.44. The molecule has 0 amide bonds. The van der Waals surface area contributed by atoms with E-state index < -0.39 is 0 Å². The van der Waals surface area contributed by atoms with Crippen molar-refractivity contribution in [1.29, 1.82) is 5.26 Å². The molecule has 4 aliphatic carbocycles. The lowest BCUT2D eigenvalue weighted by Crippen LogP contribution is -2.49. The van der Waals surface area contributed by atoms with Crippen LogP contribution in [-0.4, -0.2) is 9.97 Å². The van der Waals surface area contributed by atoms with Crippen molar-refractivity contribution in [2.45, 2.75) is 43.9 Å². The Kier molecular flexibility index (Phi) is 3.02. The van der Waals surface area contributed by atoms with Crippen molar-refractivity contribution in [3.05, 3.63) is 29.0 Å². The Morgan fingerprint density at radius 3 is 2.38 bits per heavy atom. The second-order valence-electron chi connectivity index (χ2n) is 7.99. The topological polar surface area (TPSA) is 75.6 Å². The fourth-order valence-electron chi connectivity index (χ4n) is 5.92. The second kappa shape index (κ2) is 5.03. The molecule has 0 aromatic carbocycles. The number of pyridine rings is 1. The molecular weight excluding hydrogens is 316 g/mol. The van der Waals surface area contributed by atoms with Crippen LogP contribution in [0.25, 0.3) is 10.4 Å². The molecule has 24 heavy (non-hydrogen) atoms. The summed E-state index contributed by atoms with van der Waals surface area (Å²) in [6, 6.07) is 4.39. The summed E-state index contributed by atoms with van der Waals surface area (Å²) in [5.74, 6) is 2.97. The van der Waals surface area contributed by atoms with Gasteiger partial charge < -0.3 is 5.73 Å². The highest BCUT2D eigenvalue weighted by atomic mass is 32.1. The average molecular weight is 336 g/mol. The molecule has 0 atom stereocenters. The molecule has 4 nitrogen and oxygen atoms in total. The molecule has 0 saturated heterocycles. The number of hydrogen-bond acceptors (Lipinski definition) is 5. The molecule has 2 N–H and O–H groups in total. The second-order valence-corrected chi connectivity index (χ2v) is 8.88. The van der Waals surface area contributed by atoms with E-state index in [2.05, 4.69) is 17.1 Å². The lowest BCUT2D eigenvalue weighted by atomic mass is 9.48. The average Bonchev–Trinajstić information content (AvgIpc) is 3.07. The Labute approximate surface area is 145 Å². The van der Waals surface area contributed by atoms with E-state index in [0.29, 0.717) is 11.4 Å². The lowest BCUT2D eigenvalue weighted by Gasteiger charge is -2.56. The fourth-order valence-corrected chi connectivity index (χ4v) is 6.57. The molecule has 0 radical (unpaired) electrons. The zero-order valence-electron chi connectivity index (χ0n) is 13.5. The van der Waals surface area contributed by atoms with Gasteiger partial charge in [0.05, 0.1) is 10.4 Å². The first-order valence-corrected chi connectivity index (χ1v) is 9.65. The molecular formula is C19H20N4S. The highest BCUT2D eigenvalue weighted by molar-refractivity contribution is 7.13. The number of rotatable bonds is 2. The van der Waals surface area contributed by atoms with Crippen molar-refractivity contribution in [3.63, 3.8) is 0 Å². The number of aromatic nitrogens is 2. The molecule has 4 saturated carbocycles. The number of nitrogen functional groups attached to an aromatic ring is 1. The molecule has 2 aromatic heterocycles. The van der Waals surface area contributed by atoms with Crippen LogP contribution in [-0.2, 0) is 5.41 Å². The summed E-state index contributed by atoms with van der Waals surface area (Å²) >= 11 is 1.55. The van der Waals surface area contributed by atoms with Crippen LogP contribution in [0.5, 0.6) is 0 Å². The van der Waals surface area contributed by atoms with Crippen LogP contribution in [0.2, 0.25) is 0 Å². The number of thiazole rings is 1. The van der Waals surface area contributed by atoms with Gasteiger partial charge in [0.15, 0.2) is 0 Å². The summed E-state index contributed by atoms with van der Waals surface area (Å²) in [5, 5.41) is 9.54. The normalized spacial score (nSPS) is 33.5. The third-order valence-corrected chi connectivity index (χ3v) is 7.24. The van der Waals surface area contributed by atoms with Crippen molar-refractivity contribution >= 4 is 17.2 Å². The Bertz CT molecular complexity index is 799. The van der Waals surface area contributed by atoms with Gasteiger partial charge in [-0.25, -0.2) is 4.98 Å². The Morgan fingerprint density at radius 1 is 1.17 bits per heavy atom. The Hall–Kier alpha value is -1.93. The van der Waals surface area contributed by atoms with E-state index in [1.165, 1.54) is 38.5 Å². The molecule has 2 heterocycles. The predicted molar refractivity (Wildman–Crippen MR) is 94.3 cm³/mol. The highest BCUT2D eigenvalue weighted by Gasteiger charge is 2.52. The zero-order chi connectivity index (χ0) is 16.3. The maximum atomic E-state index is 9.54. The van der Waals surface area contributed by atoms with Crippen LogP contribution in [0, 0.1) is 29.1 Å². The van der Waals surface area contributed by atoms with E-state index in [1.807, 2.05) is 6.20 Å². The number of anilines is 1. The first-order chi connectivity index (χ1) is 11.7. The quantitative estimate of drug-likeness (QED) is 0.895. The molecule has 4 bridgehead atoms. The van der Waals surface area contributed by atoms with Gasteiger partial charge in [0.2, 0.25) is 0 Å². The molecule has 5 heteroatoms. The highest BCUT2D eigenvalue weighted by Crippen LogP contribution is 2.60. The van der Waals surface area contributed by atoms with Crippen molar-refractivity contribution in [2.75, 3.05) is 5.73 Å². The van der Waals surface area contributed by atoms with E-state index in [0.717, 1.165) is 33.9 Å². The minimum Gasteiger partial charge on any atom is -0.383 e. The number of nitriles is 1. The summed E-state index contributed by atoms with van der Waals surface area (Å²) < 4.78 is 0. The van der Waals surface area contributed by atoms with Gasteiger partial charge in [0.1, 0.15) is 17.5 Å². The minimum absolute atomic E-state index is 0.191. The predicted octanol–water partition coefficient (Wildman–Crippen LogP) is 4.13. The van der Waals surface area contributed by atoms with Crippen molar-refractivity contribution in [2.24, 2.45) is 17.8 Å². The summed E-state index contributed by atoms with van der Waals surface area (Å²) in [6.07, 6.45) is 9.80. The van der Waals surface area contributed by atoms with Crippen LogP contribution in [0.1, 0.15) is 49.8 Å². The first kappa shape index (κ1) is 14.4. The molecule has 122 valence electrons. The van der Waals surface area contributed by atoms with E-state index in [-0.39, 0.29) is 5.41 Å². The first-order valence-electron chi connectivity index (χ1n) is 8.77. The molecule has 4 aliphatic rings. The van der Waals surface area contributed by atoms with Crippen LogP contribution >= 0.6 is 11.3 Å². The van der Waals surface area contributed by atoms with Gasteiger partial charge in [-0.1, -0.05) is 0 Å². The maximum Gasteiger partial charge on any atom is 0.142 e. The maximum absolute atomic E-state index is 9.54. The summed E-state index contributed by atoms with van der Waals surface area (Å²) in [6.45, 7) is 0. The van der Waals surface area contributed by atoms with Crippen molar-refractivity contribution in [1.82, 2.24) is 9.97 Å². The third kappa shape index (κ3) is 2.02. The van der Waals surface area contributed by atoms with E-state index in [4.69, 9.17) is 10.7 Å². The standard InChI is InChI=1S/C19H20N4S/c20-8-15-14(16-9-22-10-24-16)4-17(23-18(15)21)19-5-11-1-12(6-19)3-13(2-11)7-19/h4,9-13H,1-3,5-7H2,(H2,21,23). The summed E-state index contributed by atoms with van der Waals surface area (Å²) in [5.41, 5.74) is 10.7. The molecule has 0 spiro atoms. The molecule has 2 aromatic rings. The Morgan fingerprint density at radius 2 is 1.83 bits per heavy atom. The fraction of sp³-hybridized carbons (Fsp3) is 0.526. The van der Waals surface area contributed by atoms with E-state index >= 15 is 0 Å². The van der Waals surface area contributed by atoms with Crippen LogP contribution in [0.3, 0.4) is 0 Å². The van der Waals surface area contributed by atoms with Gasteiger partial charge in [-0.2, -0.15) is 5.26 Å². The molecule has 0 unspecified atom stereocenters. The largest absolute Gasteiger partial charge is 0.383 e. The van der Waals surface area contributed by atoms with Gasteiger partial charge >= 0.3 is 0 Å². The zero-order valence-corrected chi connectivity index (χ0v) is 14.4. The van der Waals surface area contributed by atoms with Crippen LogP contribution < -0.4 is 5.73 Å². The number of nitrogens with two attached hydrogens (primary N) is 1. The summed E-state index contributed by atoms with van der Waals surface area (Å²) in [4.78, 5) is 9.92. The molecule has 4 fully saturated rings. The smallest absolute Gasteiger partial charge is 0.142 e. The van der Waals surface area contributed by atoms with Gasteiger partial charge in [0, 0.05) is 22.9 Å². The van der Waals surface area contributed by atoms with E-state index in [1.54, 1.807) is 16.8 Å². The monoisotopic (exact) mass is 336 g/mol. The number of nitrogens with zero attached hydrogens (tertiary/aromatic N) is 3. The van der Waals surface area contributed by atoms with Gasteiger partial charge in [-0.05, 0) is 62.3 Å². The van der Waals surface area contributed by atoms with Crippen LogP contribution in [0.15, 0.2) is 17.8 Å². The minimum atomic E-state index is 0.191. The van der Waals surface area contributed by atoms with Gasteiger partial charge in [0.25, 0.3) is 0 Å². The lowest BCUT2D eigenvalue weighted by molar-refractivity contribution is -0.00711. The molecule has 6 rings (SSSR count). The summed E-state index contributed by atoms with van der Waals surface area (Å²) in [7, 11) is 0. The SMILES string of the molecule is N#Cc1c(-c2cncs2)cc(C23CC4CC(CC(C4)C2)C3)nc1N. The van der Waals surface area contributed by atoms with Crippen LogP contribution in [0.4, 0.5) is 5.82 Å². The Balaban J connectivity index is 1.66.